The Bertz CT molecular complexity index is 564. The first kappa shape index (κ1) is 15.7. The lowest BCUT2D eigenvalue weighted by Gasteiger charge is -2.33. The molecule has 0 aliphatic carbocycles. The van der Waals surface area contributed by atoms with E-state index >= 15 is 0 Å². The Labute approximate surface area is 136 Å². The summed E-state index contributed by atoms with van der Waals surface area (Å²) in [6.07, 6.45) is 8.86. The zero-order chi connectivity index (χ0) is 16.1. The van der Waals surface area contributed by atoms with E-state index in [1.807, 2.05) is 0 Å². The molecule has 3 heterocycles. The Morgan fingerprint density at radius 3 is 2.83 bits per heavy atom. The molecule has 122 valence electrons. The number of aromatic nitrogens is 2. The van der Waals surface area contributed by atoms with Gasteiger partial charge in [0, 0.05) is 38.1 Å². The lowest BCUT2D eigenvalue weighted by atomic mass is 10.1. The van der Waals surface area contributed by atoms with Gasteiger partial charge in [-0.05, 0) is 25.7 Å². The maximum absolute atomic E-state index is 12.2. The molecule has 23 heavy (non-hydrogen) atoms. The van der Waals surface area contributed by atoms with Crippen molar-refractivity contribution < 1.29 is 4.79 Å². The maximum atomic E-state index is 12.2. The molecule has 2 aliphatic rings. The molecule has 0 bridgehead atoms. The normalized spacial score (nSPS) is 22.1. The summed E-state index contributed by atoms with van der Waals surface area (Å²) in [6, 6.07) is 2.32. The van der Waals surface area contributed by atoms with E-state index in [1.165, 1.54) is 0 Å². The number of nitriles is 1. The van der Waals surface area contributed by atoms with Gasteiger partial charge in [0.1, 0.15) is 11.9 Å². The second kappa shape index (κ2) is 7.38. The van der Waals surface area contributed by atoms with Crippen LogP contribution in [0.4, 0.5) is 5.82 Å². The summed E-state index contributed by atoms with van der Waals surface area (Å²) in [6.45, 7) is 2.86. The topological polar surface area (TPSA) is 85.2 Å². The zero-order valence-electron chi connectivity index (χ0n) is 13.2. The fourth-order valence-electron chi connectivity index (χ4n) is 3.30. The van der Waals surface area contributed by atoms with E-state index in [-0.39, 0.29) is 11.9 Å². The summed E-state index contributed by atoms with van der Waals surface area (Å²) in [4.78, 5) is 24.6. The molecule has 0 radical (unpaired) electrons. The standard InChI is InChI=1S/C16H22N6O/c17-10-14-2-1-7-22(14)16(23)12-20-13-3-8-21(9-4-13)15-11-18-5-6-19-15/h5-6,11,13-14,20H,1-4,7-9,12H2/t14-/m0/s1. The highest BCUT2D eigenvalue weighted by Crippen LogP contribution is 2.18. The number of nitrogens with zero attached hydrogens (tertiary/aromatic N) is 5. The van der Waals surface area contributed by atoms with E-state index in [4.69, 9.17) is 5.26 Å². The molecule has 7 nitrogen and oxygen atoms in total. The molecule has 3 rings (SSSR count). The van der Waals surface area contributed by atoms with Crippen LogP contribution >= 0.6 is 0 Å². The molecule has 1 amide bonds. The SMILES string of the molecule is N#C[C@@H]1CCCN1C(=O)CNC1CCN(c2cnccn2)CC1. The number of anilines is 1. The predicted molar refractivity (Wildman–Crippen MR) is 85.6 cm³/mol. The van der Waals surface area contributed by atoms with Crippen molar-refractivity contribution in [3.8, 4) is 6.07 Å². The van der Waals surface area contributed by atoms with Crippen molar-refractivity contribution in [2.75, 3.05) is 31.1 Å². The van der Waals surface area contributed by atoms with Gasteiger partial charge in [0.2, 0.25) is 5.91 Å². The van der Waals surface area contributed by atoms with Crippen LogP contribution in [0.25, 0.3) is 0 Å². The summed E-state index contributed by atoms with van der Waals surface area (Å²) in [5, 5.41) is 12.4. The first-order valence-electron chi connectivity index (χ1n) is 8.21. The van der Waals surface area contributed by atoms with Crippen molar-refractivity contribution >= 4 is 11.7 Å². The van der Waals surface area contributed by atoms with Gasteiger partial charge in [0.05, 0.1) is 18.8 Å². The molecule has 0 saturated carbocycles. The van der Waals surface area contributed by atoms with E-state index < -0.39 is 0 Å². The monoisotopic (exact) mass is 314 g/mol. The van der Waals surface area contributed by atoms with Crippen molar-refractivity contribution in [1.29, 1.82) is 5.26 Å². The Kier molecular flexibility index (Phi) is 5.03. The van der Waals surface area contributed by atoms with Crippen LogP contribution in [0.15, 0.2) is 18.6 Å². The fourth-order valence-corrected chi connectivity index (χ4v) is 3.30. The second-order valence-corrected chi connectivity index (χ2v) is 6.08. The van der Waals surface area contributed by atoms with Gasteiger partial charge in [-0.1, -0.05) is 0 Å². The average molecular weight is 314 g/mol. The molecular formula is C16H22N6O. The van der Waals surface area contributed by atoms with Crippen LogP contribution in [-0.2, 0) is 4.79 Å². The summed E-state index contributed by atoms with van der Waals surface area (Å²) >= 11 is 0. The van der Waals surface area contributed by atoms with Crippen LogP contribution in [0.3, 0.4) is 0 Å². The predicted octanol–water partition coefficient (Wildman–Crippen LogP) is 0.550. The Morgan fingerprint density at radius 1 is 1.30 bits per heavy atom. The van der Waals surface area contributed by atoms with Crippen molar-refractivity contribution in [2.24, 2.45) is 0 Å². The number of amides is 1. The van der Waals surface area contributed by atoms with Gasteiger partial charge < -0.3 is 15.1 Å². The minimum atomic E-state index is -0.234. The van der Waals surface area contributed by atoms with Crippen LogP contribution in [0.1, 0.15) is 25.7 Å². The highest BCUT2D eigenvalue weighted by Gasteiger charge is 2.29. The van der Waals surface area contributed by atoms with E-state index in [2.05, 4.69) is 26.3 Å². The highest BCUT2D eigenvalue weighted by molar-refractivity contribution is 5.79. The number of carbonyl (C=O) groups excluding carboxylic acids is 1. The molecule has 0 unspecified atom stereocenters. The summed E-state index contributed by atoms with van der Waals surface area (Å²) in [5.41, 5.74) is 0. The van der Waals surface area contributed by atoms with Crippen LogP contribution in [0.2, 0.25) is 0 Å². The molecule has 0 spiro atoms. The van der Waals surface area contributed by atoms with Crippen LogP contribution in [0.5, 0.6) is 0 Å². The number of rotatable bonds is 4. The van der Waals surface area contributed by atoms with E-state index in [1.54, 1.807) is 23.5 Å². The summed E-state index contributed by atoms with van der Waals surface area (Å²) in [5.74, 6) is 0.960. The molecule has 1 N–H and O–H groups in total. The van der Waals surface area contributed by atoms with E-state index in [9.17, 15) is 4.79 Å². The van der Waals surface area contributed by atoms with Gasteiger partial charge in [0.15, 0.2) is 0 Å². The number of likely N-dealkylation sites (tertiary alicyclic amines) is 1. The molecule has 1 atom stereocenters. The number of hydrogen-bond acceptors (Lipinski definition) is 6. The molecule has 2 saturated heterocycles. The van der Waals surface area contributed by atoms with Crippen LogP contribution in [-0.4, -0.2) is 59.0 Å². The van der Waals surface area contributed by atoms with E-state index in [0.29, 0.717) is 19.1 Å². The van der Waals surface area contributed by atoms with Gasteiger partial charge in [-0.15, -0.1) is 0 Å². The number of carbonyl (C=O) groups is 1. The Hall–Kier alpha value is -2.20. The zero-order valence-corrected chi connectivity index (χ0v) is 13.2. The maximum Gasteiger partial charge on any atom is 0.237 e. The van der Waals surface area contributed by atoms with Crippen molar-refractivity contribution in [1.82, 2.24) is 20.2 Å². The number of piperidine rings is 1. The molecule has 1 aromatic rings. The minimum absolute atomic E-state index is 0.0467. The highest BCUT2D eigenvalue weighted by atomic mass is 16.2. The minimum Gasteiger partial charge on any atom is -0.355 e. The molecule has 7 heteroatoms. The third-order valence-corrected chi connectivity index (χ3v) is 4.63. The van der Waals surface area contributed by atoms with Crippen molar-refractivity contribution in [2.45, 2.75) is 37.8 Å². The average Bonchev–Trinajstić information content (AvgIpc) is 3.10. The van der Waals surface area contributed by atoms with E-state index in [0.717, 1.165) is 44.6 Å². The fraction of sp³-hybridized carbons (Fsp3) is 0.625. The largest absolute Gasteiger partial charge is 0.355 e. The second-order valence-electron chi connectivity index (χ2n) is 6.08. The third kappa shape index (κ3) is 3.77. The van der Waals surface area contributed by atoms with Gasteiger partial charge in [-0.2, -0.15) is 5.26 Å². The molecule has 0 aromatic carbocycles. The molecule has 2 aliphatic heterocycles. The Morgan fingerprint density at radius 2 is 2.13 bits per heavy atom. The third-order valence-electron chi connectivity index (χ3n) is 4.63. The molecular weight excluding hydrogens is 292 g/mol. The first-order valence-corrected chi connectivity index (χ1v) is 8.21. The van der Waals surface area contributed by atoms with Crippen LogP contribution < -0.4 is 10.2 Å². The van der Waals surface area contributed by atoms with Crippen LogP contribution in [0, 0.1) is 11.3 Å². The number of nitrogens with one attached hydrogen (secondary N) is 1. The van der Waals surface area contributed by atoms with Gasteiger partial charge >= 0.3 is 0 Å². The lowest BCUT2D eigenvalue weighted by Crippen LogP contribution is -2.47. The summed E-state index contributed by atoms with van der Waals surface area (Å²) < 4.78 is 0. The van der Waals surface area contributed by atoms with Gasteiger partial charge in [0.25, 0.3) is 0 Å². The van der Waals surface area contributed by atoms with Crippen molar-refractivity contribution in [3.05, 3.63) is 18.6 Å². The van der Waals surface area contributed by atoms with Gasteiger partial charge in [-0.3, -0.25) is 9.78 Å². The summed E-state index contributed by atoms with van der Waals surface area (Å²) in [7, 11) is 0. The number of hydrogen-bond donors (Lipinski definition) is 1. The molecule has 1 aromatic heterocycles. The van der Waals surface area contributed by atoms with Crippen molar-refractivity contribution in [3.63, 3.8) is 0 Å². The first-order chi connectivity index (χ1) is 11.3. The van der Waals surface area contributed by atoms with Gasteiger partial charge in [-0.25, -0.2) is 4.98 Å². The lowest BCUT2D eigenvalue weighted by molar-refractivity contribution is -0.130. The smallest absolute Gasteiger partial charge is 0.237 e. The quantitative estimate of drug-likeness (QED) is 0.873. The molecule has 2 fully saturated rings. The Balaban J connectivity index is 1.43.